The third kappa shape index (κ3) is 2.50. The van der Waals surface area contributed by atoms with E-state index in [1.165, 1.54) is 4.90 Å². The van der Waals surface area contributed by atoms with Crippen LogP contribution in [0.3, 0.4) is 0 Å². The largest absolute Gasteiger partial charge is 0.327 e. The zero-order chi connectivity index (χ0) is 15.7. The van der Waals surface area contributed by atoms with Gasteiger partial charge in [0, 0.05) is 37.1 Å². The van der Waals surface area contributed by atoms with Crippen molar-refractivity contribution in [3.63, 3.8) is 0 Å². The predicted octanol–water partition coefficient (Wildman–Crippen LogP) is 2.95. The lowest BCUT2D eigenvalue weighted by Crippen LogP contribution is -2.31. The molecular formula is C16H17N5O. The molecule has 0 atom stereocenters. The average Bonchev–Trinajstić information content (AvgIpc) is 2.81. The summed E-state index contributed by atoms with van der Waals surface area (Å²) in [7, 11) is 3.63. The van der Waals surface area contributed by atoms with Crippen molar-refractivity contribution in [2.45, 2.75) is 6.92 Å². The molecule has 0 aliphatic heterocycles. The highest BCUT2D eigenvalue weighted by Gasteiger charge is 2.13. The Kier molecular flexibility index (Phi) is 3.50. The smallest absolute Gasteiger partial charge is 0.297 e. The fourth-order valence-corrected chi connectivity index (χ4v) is 2.28. The second kappa shape index (κ2) is 5.48. The van der Waals surface area contributed by atoms with Crippen LogP contribution in [0.15, 0.2) is 42.6 Å². The molecule has 112 valence electrons. The van der Waals surface area contributed by atoms with Crippen molar-refractivity contribution in [1.29, 1.82) is 0 Å². The number of benzene rings is 1. The lowest BCUT2D eigenvalue weighted by molar-refractivity contribution is 0.258. The first-order valence-electron chi connectivity index (χ1n) is 6.95. The number of nitrogens with zero attached hydrogens (tertiary/aromatic N) is 4. The van der Waals surface area contributed by atoms with E-state index in [1.54, 1.807) is 25.4 Å². The van der Waals surface area contributed by atoms with Crippen LogP contribution in [0.25, 0.3) is 10.9 Å². The fraction of sp³-hybridized carbons (Fsp3) is 0.188. The number of aryl methyl sites for hydroxylation is 2. The fourth-order valence-electron chi connectivity index (χ4n) is 2.28. The zero-order valence-corrected chi connectivity index (χ0v) is 12.7. The number of hydrogen-bond acceptors (Lipinski definition) is 3. The molecule has 6 heteroatoms. The second-order valence-corrected chi connectivity index (χ2v) is 5.11. The number of pyridine rings is 1. The minimum atomic E-state index is -0.245. The Bertz CT molecular complexity index is 825. The van der Waals surface area contributed by atoms with Crippen LogP contribution < -0.4 is 10.2 Å². The van der Waals surface area contributed by atoms with E-state index in [9.17, 15) is 4.79 Å². The van der Waals surface area contributed by atoms with Crippen molar-refractivity contribution in [3.05, 3.63) is 48.3 Å². The van der Waals surface area contributed by atoms with Crippen LogP contribution in [-0.4, -0.2) is 27.8 Å². The summed E-state index contributed by atoms with van der Waals surface area (Å²) in [6.45, 7) is 2.02. The first-order valence-corrected chi connectivity index (χ1v) is 6.95. The molecule has 22 heavy (non-hydrogen) atoms. The van der Waals surface area contributed by atoms with Crippen molar-refractivity contribution >= 4 is 28.4 Å². The molecule has 6 nitrogen and oxygen atoms in total. The summed E-state index contributed by atoms with van der Waals surface area (Å²) < 4.78 is 1.84. The van der Waals surface area contributed by atoms with Gasteiger partial charge in [-0.3, -0.25) is 14.9 Å². The number of urea groups is 1. The summed E-state index contributed by atoms with van der Waals surface area (Å²) in [6.07, 6.45) is 1.64. The van der Waals surface area contributed by atoms with Gasteiger partial charge in [-0.1, -0.05) is 6.07 Å². The Hall–Kier alpha value is -2.89. The van der Waals surface area contributed by atoms with Crippen LogP contribution in [0.1, 0.15) is 5.69 Å². The molecule has 2 aromatic heterocycles. The van der Waals surface area contributed by atoms with Crippen LogP contribution >= 0.6 is 0 Å². The molecule has 1 aromatic carbocycles. The molecule has 0 aliphatic carbocycles. The van der Waals surface area contributed by atoms with E-state index < -0.39 is 0 Å². The lowest BCUT2D eigenvalue weighted by Gasteiger charge is -2.17. The number of hydrogen-bond donors (Lipinski definition) is 1. The molecule has 0 bridgehead atoms. The zero-order valence-electron chi connectivity index (χ0n) is 12.7. The number of anilines is 2. The van der Waals surface area contributed by atoms with Crippen LogP contribution in [0, 0.1) is 6.92 Å². The van der Waals surface area contributed by atoms with Crippen molar-refractivity contribution in [1.82, 2.24) is 14.8 Å². The Labute approximate surface area is 128 Å². The van der Waals surface area contributed by atoms with Crippen LogP contribution in [-0.2, 0) is 7.05 Å². The topological polar surface area (TPSA) is 63.1 Å². The highest BCUT2D eigenvalue weighted by atomic mass is 16.2. The van der Waals surface area contributed by atoms with Gasteiger partial charge >= 0.3 is 6.03 Å². The number of carbonyl (C=O) groups is 1. The minimum absolute atomic E-state index is 0.245. The van der Waals surface area contributed by atoms with E-state index in [2.05, 4.69) is 15.4 Å². The average molecular weight is 295 g/mol. The Morgan fingerprint density at radius 3 is 2.82 bits per heavy atom. The standard InChI is InChI=1S/C16H17N5O/c1-11-13-8-7-12(10-14(13)19-21(11)3)20(2)16(22)18-15-6-4-5-9-17-15/h4-10H,1-3H3,(H,17,18,22). The van der Waals surface area contributed by atoms with Gasteiger partial charge in [-0.2, -0.15) is 5.10 Å². The van der Waals surface area contributed by atoms with Crippen molar-refractivity contribution < 1.29 is 4.79 Å². The highest BCUT2D eigenvalue weighted by Crippen LogP contribution is 2.23. The van der Waals surface area contributed by atoms with Crippen LogP contribution in [0.5, 0.6) is 0 Å². The van der Waals surface area contributed by atoms with E-state index in [0.29, 0.717) is 5.82 Å². The van der Waals surface area contributed by atoms with Crippen LogP contribution in [0.4, 0.5) is 16.3 Å². The number of fused-ring (bicyclic) bond motifs is 1. The number of amides is 2. The Balaban J connectivity index is 1.85. The molecule has 0 spiro atoms. The predicted molar refractivity (Wildman–Crippen MR) is 87.1 cm³/mol. The summed E-state index contributed by atoms with van der Waals surface area (Å²) in [6, 6.07) is 10.9. The molecule has 0 radical (unpaired) electrons. The second-order valence-electron chi connectivity index (χ2n) is 5.11. The van der Waals surface area contributed by atoms with E-state index in [-0.39, 0.29) is 6.03 Å². The van der Waals surface area contributed by atoms with Gasteiger partial charge in [-0.05, 0) is 37.3 Å². The van der Waals surface area contributed by atoms with Crippen molar-refractivity contribution in [2.75, 3.05) is 17.3 Å². The first-order chi connectivity index (χ1) is 10.6. The monoisotopic (exact) mass is 295 g/mol. The normalized spacial score (nSPS) is 10.7. The third-order valence-electron chi connectivity index (χ3n) is 3.71. The molecule has 0 aliphatic rings. The molecular weight excluding hydrogens is 278 g/mol. The van der Waals surface area contributed by atoms with Crippen molar-refractivity contribution in [3.8, 4) is 0 Å². The highest BCUT2D eigenvalue weighted by molar-refractivity contribution is 6.02. The molecule has 3 rings (SSSR count). The van der Waals surface area contributed by atoms with E-state index >= 15 is 0 Å². The first kappa shape index (κ1) is 14.1. The van der Waals surface area contributed by atoms with Gasteiger partial charge in [0.15, 0.2) is 0 Å². The summed E-state index contributed by atoms with van der Waals surface area (Å²) in [5, 5.41) is 8.29. The number of aromatic nitrogens is 3. The number of rotatable bonds is 2. The molecule has 1 N–H and O–H groups in total. The quantitative estimate of drug-likeness (QED) is 0.790. The minimum Gasteiger partial charge on any atom is -0.297 e. The maximum absolute atomic E-state index is 12.3. The molecule has 3 aromatic rings. The van der Waals surface area contributed by atoms with Gasteiger partial charge in [0.2, 0.25) is 0 Å². The van der Waals surface area contributed by atoms with E-state index in [4.69, 9.17) is 0 Å². The lowest BCUT2D eigenvalue weighted by atomic mass is 10.2. The molecule has 0 saturated carbocycles. The summed E-state index contributed by atoms with van der Waals surface area (Å²) in [5.41, 5.74) is 2.75. The van der Waals surface area contributed by atoms with Gasteiger partial charge < -0.3 is 0 Å². The summed E-state index contributed by atoms with van der Waals surface area (Å²) >= 11 is 0. The van der Waals surface area contributed by atoms with Gasteiger partial charge in [0.1, 0.15) is 5.82 Å². The van der Waals surface area contributed by atoms with Gasteiger partial charge in [-0.25, -0.2) is 9.78 Å². The number of nitrogens with one attached hydrogen (secondary N) is 1. The van der Waals surface area contributed by atoms with Gasteiger partial charge in [0.25, 0.3) is 0 Å². The molecule has 2 heterocycles. The number of carbonyl (C=O) groups excluding carboxylic acids is 1. The summed E-state index contributed by atoms with van der Waals surface area (Å²) in [5.74, 6) is 0.522. The van der Waals surface area contributed by atoms with Crippen LogP contribution in [0.2, 0.25) is 0 Å². The molecule has 0 unspecified atom stereocenters. The molecule has 0 fully saturated rings. The summed E-state index contributed by atoms with van der Waals surface area (Å²) in [4.78, 5) is 17.9. The molecule has 0 saturated heterocycles. The SMILES string of the molecule is Cc1c2ccc(N(C)C(=O)Nc3ccccn3)cc2nn1C. The molecule has 2 amide bonds. The third-order valence-corrected chi connectivity index (χ3v) is 3.71. The van der Waals surface area contributed by atoms with Gasteiger partial charge in [0.05, 0.1) is 5.52 Å². The van der Waals surface area contributed by atoms with Crippen molar-refractivity contribution in [2.24, 2.45) is 7.05 Å². The van der Waals surface area contributed by atoms with E-state index in [0.717, 1.165) is 22.3 Å². The van der Waals surface area contributed by atoms with E-state index in [1.807, 2.05) is 42.9 Å². The maximum Gasteiger partial charge on any atom is 0.327 e. The maximum atomic E-state index is 12.3. The van der Waals surface area contributed by atoms with Gasteiger partial charge in [-0.15, -0.1) is 0 Å². The Morgan fingerprint density at radius 1 is 1.27 bits per heavy atom. The Morgan fingerprint density at radius 2 is 2.09 bits per heavy atom.